The third-order valence-corrected chi connectivity index (χ3v) is 2.90. The molecule has 8 nitrogen and oxygen atoms in total. The Bertz CT molecular complexity index is 265. The Balaban J connectivity index is 1.94. The van der Waals surface area contributed by atoms with Crippen LogP contribution < -0.4 is 0 Å². The van der Waals surface area contributed by atoms with Crippen LogP contribution in [0.3, 0.4) is 0 Å². The van der Waals surface area contributed by atoms with E-state index in [1.165, 1.54) is 13.5 Å². The highest BCUT2D eigenvalue weighted by Gasteiger charge is 2.15. The molecule has 0 saturated heterocycles. The van der Waals surface area contributed by atoms with Gasteiger partial charge in [0.05, 0.1) is 19.8 Å². The van der Waals surface area contributed by atoms with Gasteiger partial charge in [0.2, 0.25) is 0 Å². The minimum atomic E-state index is 0.0565. The van der Waals surface area contributed by atoms with Crippen LogP contribution in [0.4, 0.5) is 0 Å². The van der Waals surface area contributed by atoms with Gasteiger partial charge in [0.1, 0.15) is 5.76 Å². The largest absolute Gasteiger partial charge is 0.313 e. The lowest BCUT2D eigenvalue weighted by Crippen LogP contribution is -2.17. The van der Waals surface area contributed by atoms with Crippen molar-refractivity contribution in [1.82, 2.24) is 0 Å². The summed E-state index contributed by atoms with van der Waals surface area (Å²) >= 11 is 0. The first-order valence-electron chi connectivity index (χ1n) is 7.21. The Hall–Kier alpha value is -0.740. The standard InChI is InChI=1S/C13H24O8/c1-3-7-12(16-18-14-2)10-11-15-19-21-20-17-13-8-5-4-6-9-13/h7,13H,3-6,8-11H2,1-2H3. The lowest BCUT2D eigenvalue weighted by atomic mass is 9.98. The second-order valence-electron chi connectivity index (χ2n) is 4.53. The zero-order valence-corrected chi connectivity index (χ0v) is 12.6. The van der Waals surface area contributed by atoms with Gasteiger partial charge in [-0.15, -0.1) is 0 Å². The van der Waals surface area contributed by atoms with Crippen LogP contribution in [0.25, 0.3) is 0 Å². The summed E-state index contributed by atoms with van der Waals surface area (Å²) in [7, 11) is 1.35. The fraction of sp³-hybridized carbons (Fsp3) is 0.846. The minimum absolute atomic E-state index is 0.0565. The van der Waals surface area contributed by atoms with Crippen molar-refractivity contribution in [3.8, 4) is 0 Å². The van der Waals surface area contributed by atoms with Crippen molar-refractivity contribution in [3.05, 3.63) is 11.8 Å². The molecule has 1 fully saturated rings. The van der Waals surface area contributed by atoms with E-state index in [4.69, 9.17) is 14.7 Å². The van der Waals surface area contributed by atoms with E-state index in [0.717, 1.165) is 32.1 Å². The Morgan fingerprint density at radius 1 is 1.05 bits per heavy atom. The van der Waals surface area contributed by atoms with Crippen molar-refractivity contribution in [2.24, 2.45) is 0 Å². The van der Waals surface area contributed by atoms with E-state index in [2.05, 4.69) is 25.0 Å². The van der Waals surface area contributed by atoms with Gasteiger partial charge in [-0.3, -0.25) is 0 Å². The molecule has 0 bridgehead atoms. The summed E-state index contributed by atoms with van der Waals surface area (Å²) in [6.45, 7) is 2.15. The van der Waals surface area contributed by atoms with Crippen LogP contribution in [0, 0.1) is 0 Å². The smallest absolute Gasteiger partial charge is 0.144 e. The third kappa shape index (κ3) is 9.75. The molecule has 0 radical (unpaired) electrons. The molecule has 1 saturated carbocycles. The van der Waals surface area contributed by atoms with Gasteiger partial charge >= 0.3 is 0 Å². The molecule has 8 heteroatoms. The highest BCUT2D eigenvalue weighted by Crippen LogP contribution is 2.20. The molecule has 0 heterocycles. The highest BCUT2D eigenvalue weighted by molar-refractivity contribution is 4.90. The van der Waals surface area contributed by atoms with Crippen LogP contribution >= 0.6 is 0 Å². The second kappa shape index (κ2) is 13.0. The first-order chi connectivity index (χ1) is 10.4. The zero-order valence-electron chi connectivity index (χ0n) is 12.6. The number of allylic oxidation sites excluding steroid dienone is 1. The molecule has 0 aromatic rings. The van der Waals surface area contributed by atoms with Crippen LogP contribution in [0.2, 0.25) is 0 Å². The maximum atomic E-state index is 5.00. The molecule has 0 aromatic heterocycles. The van der Waals surface area contributed by atoms with E-state index in [1.54, 1.807) is 0 Å². The Morgan fingerprint density at radius 2 is 1.86 bits per heavy atom. The van der Waals surface area contributed by atoms with E-state index in [-0.39, 0.29) is 12.7 Å². The van der Waals surface area contributed by atoms with E-state index in [0.29, 0.717) is 12.2 Å². The van der Waals surface area contributed by atoms with Crippen molar-refractivity contribution < 1.29 is 39.7 Å². The van der Waals surface area contributed by atoms with Gasteiger partial charge in [0.15, 0.2) is 0 Å². The van der Waals surface area contributed by atoms with Crippen molar-refractivity contribution >= 4 is 0 Å². The van der Waals surface area contributed by atoms with E-state index >= 15 is 0 Å². The summed E-state index contributed by atoms with van der Waals surface area (Å²) in [5, 5.41) is 17.5. The fourth-order valence-corrected chi connectivity index (χ4v) is 1.92. The number of hydrogen-bond acceptors (Lipinski definition) is 8. The van der Waals surface area contributed by atoms with Gasteiger partial charge in [-0.1, -0.05) is 26.2 Å². The van der Waals surface area contributed by atoms with Gasteiger partial charge in [0, 0.05) is 6.42 Å². The Labute approximate surface area is 124 Å². The molecule has 0 N–H and O–H groups in total. The van der Waals surface area contributed by atoms with E-state index in [9.17, 15) is 0 Å². The molecule has 1 aliphatic carbocycles. The average Bonchev–Trinajstić information content (AvgIpc) is 2.52. The zero-order chi connectivity index (χ0) is 15.2. The predicted octanol–water partition coefficient (Wildman–Crippen LogP) is 3.26. The summed E-state index contributed by atoms with van der Waals surface area (Å²) in [6.07, 6.45) is 8.54. The Morgan fingerprint density at radius 3 is 2.57 bits per heavy atom. The molecule has 0 atom stereocenters. The lowest BCUT2D eigenvalue weighted by Gasteiger charge is -2.18. The third-order valence-electron chi connectivity index (χ3n) is 2.90. The second-order valence-corrected chi connectivity index (χ2v) is 4.53. The topological polar surface area (TPSA) is 73.8 Å². The molecular formula is C13H24O8. The van der Waals surface area contributed by atoms with E-state index < -0.39 is 0 Å². The van der Waals surface area contributed by atoms with E-state index in [1.807, 2.05) is 13.0 Å². The summed E-state index contributed by atoms with van der Waals surface area (Å²) < 4.78 is 0. The maximum Gasteiger partial charge on any atom is 0.144 e. The monoisotopic (exact) mass is 308 g/mol. The molecule has 0 spiro atoms. The summed E-state index contributed by atoms with van der Waals surface area (Å²) in [6, 6.07) is 0. The summed E-state index contributed by atoms with van der Waals surface area (Å²) in [4.78, 5) is 18.9. The van der Waals surface area contributed by atoms with Gasteiger partial charge in [-0.2, -0.15) is 4.89 Å². The first-order valence-corrected chi connectivity index (χ1v) is 7.21. The predicted molar refractivity (Wildman–Crippen MR) is 69.3 cm³/mol. The summed E-state index contributed by atoms with van der Waals surface area (Å²) in [5.74, 6) is 0.558. The van der Waals surface area contributed by atoms with Crippen molar-refractivity contribution in [2.45, 2.75) is 58.0 Å². The van der Waals surface area contributed by atoms with Crippen molar-refractivity contribution in [3.63, 3.8) is 0 Å². The van der Waals surface area contributed by atoms with Crippen molar-refractivity contribution in [1.29, 1.82) is 0 Å². The first kappa shape index (κ1) is 18.3. The molecule has 124 valence electrons. The van der Waals surface area contributed by atoms with Crippen LogP contribution in [0.15, 0.2) is 11.8 Å². The maximum absolute atomic E-state index is 5.00. The molecule has 21 heavy (non-hydrogen) atoms. The quantitative estimate of drug-likeness (QED) is 0.235. The van der Waals surface area contributed by atoms with Crippen LogP contribution in [0.5, 0.6) is 0 Å². The molecule has 0 unspecified atom stereocenters. The van der Waals surface area contributed by atoms with Crippen LogP contribution in [-0.2, 0) is 39.7 Å². The lowest BCUT2D eigenvalue weighted by molar-refractivity contribution is -0.713. The molecule has 1 aliphatic rings. The van der Waals surface area contributed by atoms with Gasteiger partial charge in [0.25, 0.3) is 0 Å². The average molecular weight is 308 g/mol. The number of rotatable bonds is 12. The highest BCUT2D eigenvalue weighted by atomic mass is 17.8. The summed E-state index contributed by atoms with van der Waals surface area (Å²) in [5.41, 5.74) is 0. The molecule has 0 aliphatic heterocycles. The van der Waals surface area contributed by atoms with Gasteiger partial charge in [-0.05, 0) is 45.5 Å². The van der Waals surface area contributed by atoms with Crippen LogP contribution in [-0.4, -0.2) is 19.8 Å². The molecule has 0 aromatic carbocycles. The van der Waals surface area contributed by atoms with Gasteiger partial charge < -0.3 is 4.89 Å². The minimum Gasteiger partial charge on any atom is -0.313 e. The molecule has 0 amide bonds. The fourth-order valence-electron chi connectivity index (χ4n) is 1.92. The molecule has 1 rings (SSSR count). The SMILES string of the molecule is CCC=C(CCOOOOOC1CCCCC1)OOOC. The molecular weight excluding hydrogens is 284 g/mol. The normalized spacial score (nSPS) is 17.1. The van der Waals surface area contributed by atoms with Crippen LogP contribution in [0.1, 0.15) is 51.9 Å². The number of hydrogen-bond donors (Lipinski definition) is 0. The van der Waals surface area contributed by atoms with Crippen molar-refractivity contribution in [2.75, 3.05) is 13.7 Å². The Kier molecular flexibility index (Phi) is 11.3. The van der Waals surface area contributed by atoms with Gasteiger partial charge in [-0.25, -0.2) is 9.78 Å².